The van der Waals surface area contributed by atoms with Gasteiger partial charge in [-0.1, -0.05) is 6.07 Å². The van der Waals surface area contributed by atoms with Gasteiger partial charge in [0.25, 0.3) is 0 Å². The molecule has 0 unspecified atom stereocenters. The van der Waals surface area contributed by atoms with Gasteiger partial charge in [0, 0.05) is 14.0 Å². The first-order chi connectivity index (χ1) is 8.13. The Morgan fingerprint density at radius 2 is 2.24 bits per heavy atom. The van der Waals surface area contributed by atoms with Crippen LogP contribution in [0.3, 0.4) is 0 Å². The Balaban J connectivity index is 2.34. The summed E-state index contributed by atoms with van der Waals surface area (Å²) in [6, 6.07) is 6.39. The zero-order valence-electron chi connectivity index (χ0n) is 10.7. The number of hydrogen-bond acceptors (Lipinski definition) is 2. The Bertz CT molecular complexity index is 428. The third-order valence-electron chi connectivity index (χ3n) is 3.60. The van der Waals surface area contributed by atoms with Gasteiger partial charge in [-0.2, -0.15) is 0 Å². The summed E-state index contributed by atoms with van der Waals surface area (Å²) in [5.41, 5.74) is 2.59. The number of hydrogen-bond donors (Lipinski definition) is 0. The lowest BCUT2D eigenvalue weighted by Gasteiger charge is -2.32. The Morgan fingerprint density at radius 3 is 2.88 bits per heavy atom. The molecular formula is C14H19NO2. The summed E-state index contributed by atoms with van der Waals surface area (Å²) in [6.07, 6.45) is 3.26. The summed E-state index contributed by atoms with van der Waals surface area (Å²) in [7, 11) is 3.57. The predicted octanol–water partition coefficient (Wildman–Crippen LogP) is 2.55. The number of carbonyl (C=O) groups is 1. The zero-order chi connectivity index (χ0) is 12.4. The van der Waals surface area contributed by atoms with Crippen molar-refractivity contribution in [3.63, 3.8) is 0 Å². The lowest BCUT2D eigenvalue weighted by molar-refractivity contribution is -0.130. The van der Waals surface area contributed by atoms with E-state index in [-0.39, 0.29) is 11.9 Å². The van der Waals surface area contributed by atoms with Crippen LogP contribution in [0.15, 0.2) is 18.2 Å². The van der Waals surface area contributed by atoms with E-state index in [0.29, 0.717) is 0 Å². The molecule has 0 saturated carbocycles. The van der Waals surface area contributed by atoms with Crippen LogP contribution in [-0.4, -0.2) is 25.0 Å². The van der Waals surface area contributed by atoms with Gasteiger partial charge in [0.1, 0.15) is 5.75 Å². The van der Waals surface area contributed by atoms with Gasteiger partial charge in [-0.25, -0.2) is 0 Å². The van der Waals surface area contributed by atoms with Crippen molar-refractivity contribution >= 4 is 5.91 Å². The van der Waals surface area contributed by atoms with E-state index in [0.717, 1.165) is 25.0 Å². The lowest BCUT2D eigenvalue weighted by Crippen LogP contribution is -2.31. The van der Waals surface area contributed by atoms with E-state index in [2.05, 4.69) is 12.1 Å². The first-order valence-corrected chi connectivity index (χ1v) is 6.03. The molecule has 0 N–H and O–H groups in total. The maximum absolute atomic E-state index is 11.5. The summed E-state index contributed by atoms with van der Waals surface area (Å²) in [5.74, 6) is 1.02. The molecule has 17 heavy (non-hydrogen) atoms. The molecule has 1 aromatic rings. The smallest absolute Gasteiger partial charge is 0.219 e. The van der Waals surface area contributed by atoms with E-state index in [1.807, 2.05) is 18.0 Å². The number of methoxy groups -OCH3 is 1. The van der Waals surface area contributed by atoms with Gasteiger partial charge < -0.3 is 9.64 Å². The molecule has 0 bridgehead atoms. The largest absolute Gasteiger partial charge is 0.497 e. The number of benzene rings is 1. The highest BCUT2D eigenvalue weighted by Crippen LogP contribution is 2.35. The van der Waals surface area contributed by atoms with E-state index in [4.69, 9.17) is 4.74 Å². The fourth-order valence-electron chi connectivity index (χ4n) is 2.51. The maximum atomic E-state index is 11.5. The van der Waals surface area contributed by atoms with Gasteiger partial charge in [0.2, 0.25) is 5.91 Å². The molecule has 0 heterocycles. The average Bonchev–Trinajstić information content (AvgIpc) is 2.36. The normalized spacial score (nSPS) is 18.4. The van der Waals surface area contributed by atoms with Crippen molar-refractivity contribution in [2.45, 2.75) is 32.2 Å². The Kier molecular flexibility index (Phi) is 3.36. The number of nitrogens with zero attached hydrogens (tertiary/aromatic N) is 1. The van der Waals surface area contributed by atoms with Crippen molar-refractivity contribution in [3.05, 3.63) is 29.3 Å². The van der Waals surface area contributed by atoms with Crippen LogP contribution >= 0.6 is 0 Å². The van der Waals surface area contributed by atoms with Crippen molar-refractivity contribution in [1.29, 1.82) is 0 Å². The van der Waals surface area contributed by atoms with E-state index < -0.39 is 0 Å². The van der Waals surface area contributed by atoms with Crippen LogP contribution in [0.4, 0.5) is 0 Å². The monoisotopic (exact) mass is 233 g/mol. The number of carbonyl (C=O) groups excluding carboxylic acids is 1. The summed E-state index contributed by atoms with van der Waals surface area (Å²) < 4.78 is 5.24. The van der Waals surface area contributed by atoms with E-state index >= 15 is 0 Å². The highest BCUT2D eigenvalue weighted by molar-refractivity contribution is 5.73. The molecule has 0 saturated heterocycles. The first-order valence-electron chi connectivity index (χ1n) is 6.03. The van der Waals surface area contributed by atoms with Crippen LogP contribution < -0.4 is 4.74 Å². The first kappa shape index (κ1) is 12.0. The molecule has 1 aliphatic carbocycles. The van der Waals surface area contributed by atoms with Gasteiger partial charge in [-0.3, -0.25) is 4.79 Å². The van der Waals surface area contributed by atoms with Crippen LogP contribution in [0.5, 0.6) is 5.75 Å². The van der Waals surface area contributed by atoms with Gasteiger partial charge in [0.05, 0.1) is 13.2 Å². The van der Waals surface area contributed by atoms with Gasteiger partial charge in [-0.05, 0) is 42.5 Å². The Labute approximate surface area is 102 Å². The fraction of sp³-hybridized carbons (Fsp3) is 0.500. The van der Waals surface area contributed by atoms with Crippen molar-refractivity contribution < 1.29 is 9.53 Å². The van der Waals surface area contributed by atoms with Crippen LogP contribution in [0.2, 0.25) is 0 Å². The number of aryl methyl sites for hydroxylation is 1. The summed E-state index contributed by atoms with van der Waals surface area (Å²) >= 11 is 0. The second-order valence-corrected chi connectivity index (χ2v) is 4.60. The van der Waals surface area contributed by atoms with Gasteiger partial charge in [-0.15, -0.1) is 0 Å². The topological polar surface area (TPSA) is 29.5 Å². The second-order valence-electron chi connectivity index (χ2n) is 4.60. The maximum Gasteiger partial charge on any atom is 0.219 e. The van der Waals surface area contributed by atoms with Gasteiger partial charge >= 0.3 is 0 Å². The second kappa shape index (κ2) is 4.78. The summed E-state index contributed by atoms with van der Waals surface area (Å²) in [5, 5.41) is 0. The van der Waals surface area contributed by atoms with E-state index in [1.54, 1.807) is 14.0 Å². The molecule has 1 aromatic carbocycles. The molecule has 1 amide bonds. The SMILES string of the molecule is COc1ccc2c(c1)CCC[C@@H]2N(C)C(C)=O. The molecule has 0 spiro atoms. The molecule has 2 rings (SSSR count). The van der Waals surface area contributed by atoms with Crippen LogP contribution in [0.1, 0.15) is 36.9 Å². The van der Waals surface area contributed by atoms with Crippen LogP contribution in [-0.2, 0) is 11.2 Å². The average molecular weight is 233 g/mol. The molecule has 0 radical (unpaired) electrons. The minimum absolute atomic E-state index is 0.124. The standard InChI is InChI=1S/C14H19NO2/c1-10(16)15(2)14-6-4-5-11-9-12(17-3)7-8-13(11)14/h7-9,14H,4-6H2,1-3H3/t14-/m0/s1. The molecule has 0 fully saturated rings. The molecule has 0 aliphatic heterocycles. The summed E-state index contributed by atoms with van der Waals surface area (Å²) in [4.78, 5) is 13.3. The third kappa shape index (κ3) is 2.28. The molecule has 0 aromatic heterocycles. The number of amides is 1. The van der Waals surface area contributed by atoms with E-state index in [9.17, 15) is 4.79 Å². The number of rotatable bonds is 2. The summed E-state index contributed by atoms with van der Waals surface area (Å²) in [6.45, 7) is 1.62. The molecule has 1 aliphatic rings. The minimum Gasteiger partial charge on any atom is -0.497 e. The van der Waals surface area contributed by atoms with Crippen molar-refractivity contribution in [2.75, 3.05) is 14.2 Å². The quantitative estimate of drug-likeness (QED) is 0.785. The number of ether oxygens (including phenoxy) is 1. The highest BCUT2D eigenvalue weighted by Gasteiger charge is 2.25. The van der Waals surface area contributed by atoms with Crippen LogP contribution in [0.25, 0.3) is 0 Å². The van der Waals surface area contributed by atoms with Crippen molar-refractivity contribution in [3.8, 4) is 5.75 Å². The molecule has 3 heteroatoms. The third-order valence-corrected chi connectivity index (χ3v) is 3.60. The van der Waals surface area contributed by atoms with Crippen molar-refractivity contribution in [1.82, 2.24) is 4.90 Å². The number of fused-ring (bicyclic) bond motifs is 1. The zero-order valence-corrected chi connectivity index (χ0v) is 10.7. The fourth-order valence-corrected chi connectivity index (χ4v) is 2.51. The highest BCUT2D eigenvalue weighted by atomic mass is 16.5. The van der Waals surface area contributed by atoms with Gasteiger partial charge in [0.15, 0.2) is 0 Å². The molecule has 92 valence electrons. The van der Waals surface area contributed by atoms with Crippen LogP contribution in [0, 0.1) is 0 Å². The molecule has 1 atom stereocenters. The lowest BCUT2D eigenvalue weighted by atomic mass is 9.87. The Morgan fingerprint density at radius 1 is 1.47 bits per heavy atom. The van der Waals surface area contributed by atoms with Crippen molar-refractivity contribution in [2.24, 2.45) is 0 Å². The Hall–Kier alpha value is -1.51. The minimum atomic E-state index is 0.124. The van der Waals surface area contributed by atoms with E-state index in [1.165, 1.54) is 11.1 Å². The molecular weight excluding hydrogens is 214 g/mol. The predicted molar refractivity (Wildman–Crippen MR) is 67.1 cm³/mol. The molecule has 3 nitrogen and oxygen atoms in total.